The molecule has 0 aliphatic carbocycles. The van der Waals surface area contributed by atoms with Crippen LogP contribution in [-0.4, -0.2) is 53.6 Å². The number of amides is 2. The number of carbonyl (C=O) groups is 3. The first-order valence-corrected chi connectivity index (χ1v) is 11.0. The molecule has 0 unspecified atom stereocenters. The summed E-state index contributed by atoms with van der Waals surface area (Å²) >= 11 is 0. The normalized spacial score (nSPS) is 13.6. The molecule has 1 fully saturated rings. The maximum Gasteiger partial charge on any atom is 0.253 e. The van der Waals surface area contributed by atoms with Gasteiger partial charge in [0, 0.05) is 50.1 Å². The van der Waals surface area contributed by atoms with Crippen LogP contribution in [-0.2, 0) is 4.79 Å². The van der Waals surface area contributed by atoms with Gasteiger partial charge in [0.25, 0.3) is 5.91 Å². The quantitative estimate of drug-likeness (QED) is 0.528. The predicted molar refractivity (Wildman–Crippen MR) is 124 cm³/mol. The molecule has 3 aromatic carbocycles. The van der Waals surface area contributed by atoms with Crippen LogP contribution in [0.4, 0.5) is 4.39 Å². The maximum absolute atomic E-state index is 13.1. The molecule has 6 heteroatoms. The Hall–Kier alpha value is -3.80. The number of benzene rings is 3. The van der Waals surface area contributed by atoms with Crippen LogP contribution in [0.25, 0.3) is 11.1 Å². The minimum Gasteiger partial charge on any atom is -0.339 e. The average Bonchev–Trinajstić information content (AvgIpc) is 2.88. The van der Waals surface area contributed by atoms with Gasteiger partial charge in [-0.05, 0) is 35.4 Å². The summed E-state index contributed by atoms with van der Waals surface area (Å²) in [6, 6.07) is 22.8. The van der Waals surface area contributed by atoms with Crippen LogP contribution in [0.2, 0.25) is 0 Å². The molecular formula is C27H25FN2O3. The van der Waals surface area contributed by atoms with Crippen molar-refractivity contribution in [3.8, 4) is 11.1 Å². The van der Waals surface area contributed by atoms with E-state index in [0.29, 0.717) is 37.3 Å². The van der Waals surface area contributed by atoms with Crippen LogP contribution in [0, 0.1) is 5.82 Å². The van der Waals surface area contributed by atoms with Gasteiger partial charge in [-0.2, -0.15) is 0 Å². The third-order valence-corrected chi connectivity index (χ3v) is 5.89. The van der Waals surface area contributed by atoms with Crippen molar-refractivity contribution in [2.24, 2.45) is 0 Å². The summed E-state index contributed by atoms with van der Waals surface area (Å²) in [6.45, 7) is 1.67. The number of ketones is 1. The highest BCUT2D eigenvalue weighted by Crippen LogP contribution is 2.20. The van der Waals surface area contributed by atoms with E-state index >= 15 is 0 Å². The van der Waals surface area contributed by atoms with Crippen molar-refractivity contribution < 1.29 is 18.8 Å². The first kappa shape index (κ1) is 22.4. The van der Waals surface area contributed by atoms with Crippen molar-refractivity contribution in [3.05, 3.63) is 95.8 Å². The highest BCUT2D eigenvalue weighted by atomic mass is 19.1. The fraction of sp³-hybridized carbons (Fsp3) is 0.222. The molecule has 0 spiro atoms. The summed E-state index contributed by atoms with van der Waals surface area (Å²) < 4.78 is 13.1. The van der Waals surface area contributed by atoms with E-state index in [9.17, 15) is 18.8 Å². The summed E-state index contributed by atoms with van der Waals surface area (Å²) in [4.78, 5) is 41.0. The van der Waals surface area contributed by atoms with Gasteiger partial charge in [-0.1, -0.05) is 54.6 Å². The van der Waals surface area contributed by atoms with Gasteiger partial charge >= 0.3 is 0 Å². The maximum atomic E-state index is 13.1. The number of halogens is 1. The van der Waals surface area contributed by atoms with Gasteiger partial charge in [-0.3, -0.25) is 14.4 Å². The molecule has 1 saturated heterocycles. The molecule has 3 aromatic rings. The van der Waals surface area contributed by atoms with Gasteiger partial charge in [0.15, 0.2) is 5.78 Å². The third-order valence-electron chi connectivity index (χ3n) is 5.89. The molecule has 0 saturated carbocycles. The second-order valence-electron chi connectivity index (χ2n) is 8.05. The van der Waals surface area contributed by atoms with Crippen molar-refractivity contribution in [2.75, 3.05) is 26.2 Å². The Balaban J connectivity index is 1.25. The Labute approximate surface area is 192 Å². The minimum absolute atomic E-state index is 0.0620. The predicted octanol–water partition coefficient (Wildman–Crippen LogP) is 4.44. The lowest BCUT2D eigenvalue weighted by Crippen LogP contribution is -2.50. The van der Waals surface area contributed by atoms with Crippen molar-refractivity contribution >= 4 is 17.6 Å². The molecule has 0 N–H and O–H groups in total. The van der Waals surface area contributed by atoms with Crippen LogP contribution in [0.3, 0.4) is 0 Å². The Kier molecular flexibility index (Phi) is 6.93. The number of nitrogens with zero attached hydrogens (tertiary/aromatic N) is 2. The van der Waals surface area contributed by atoms with Crippen molar-refractivity contribution in [1.29, 1.82) is 0 Å². The standard InChI is InChI=1S/C27H25FN2O3/c28-24-12-10-23(11-13-24)27(33)30-18-16-29(17-19-30)26(32)15-14-25(31)22-8-6-21(7-9-22)20-4-2-1-3-5-20/h1-13H,14-19H2. The molecule has 1 heterocycles. The van der Waals surface area contributed by atoms with Crippen molar-refractivity contribution in [3.63, 3.8) is 0 Å². The van der Waals surface area contributed by atoms with Crippen LogP contribution >= 0.6 is 0 Å². The molecule has 5 nitrogen and oxygen atoms in total. The van der Waals surface area contributed by atoms with E-state index < -0.39 is 0 Å². The lowest BCUT2D eigenvalue weighted by molar-refractivity contribution is -0.132. The van der Waals surface area contributed by atoms with Gasteiger partial charge in [0.05, 0.1) is 0 Å². The van der Waals surface area contributed by atoms with Gasteiger partial charge in [0.1, 0.15) is 5.82 Å². The number of piperazine rings is 1. The number of Topliss-reactive ketones (excluding diaryl/α,β-unsaturated/α-hetero) is 1. The van der Waals surface area contributed by atoms with Crippen LogP contribution in [0.5, 0.6) is 0 Å². The van der Waals surface area contributed by atoms with E-state index in [1.165, 1.54) is 24.3 Å². The highest BCUT2D eigenvalue weighted by Gasteiger charge is 2.25. The number of carbonyl (C=O) groups excluding carboxylic acids is 3. The summed E-state index contributed by atoms with van der Waals surface area (Å²) in [5.41, 5.74) is 3.15. The largest absolute Gasteiger partial charge is 0.339 e. The van der Waals surface area contributed by atoms with Crippen molar-refractivity contribution in [1.82, 2.24) is 9.80 Å². The lowest BCUT2D eigenvalue weighted by atomic mass is 10.0. The van der Waals surface area contributed by atoms with Gasteiger partial charge < -0.3 is 9.80 Å². The van der Waals surface area contributed by atoms with E-state index in [4.69, 9.17) is 0 Å². The van der Waals surface area contributed by atoms with E-state index in [2.05, 4.69) is 0 Å². The first-order valence-electron chi connectivity index (χ1n) is 11.0. The number of rotatable bonds is 6. The molecule has 0 aromatic heterocycles. The topological polar surface area (TPSA) is 57.7 Å². The SMILES string of the molecule is O=C(CCC(=O)N1CCN(C(=O)c2ccc(F)cc2)CC1)c1ccc(-c2ccccc2)cc1. The second kappa shape index (κ2) is 10.2. The van der Waals surface area contributed by atoms with Crippen molar-refractivity contribution in [2.45, 2.75) is 12.8 Å². The van der Waals surface area contributed by atoms with E-state index in [0.717, 1.165) is 11.1 Å². The summed E-state index contributed by atoms with van der Waals surface area (Å²) in [7, 11) is 0. The molecular weight excluding hydrogens is 419 g/mol. The molecule has 1 aliphatic heterocycles. The number of hydrogen-bond acceptors (Lipinski definition) is 3. The van der Waals surface area contributed by atoms with Crippen LogP contribution in [0.15, 0.2) is 78.9 Å². The fourth-order valence-electron chi connectivity index (χ4n) is 3.94. The third kappa shape index (κ3) is 5.52. The van der Waals surface area contributed by atoms with E-state index in [1.54, 1.807) is 21.9 Å². The smallest absolute Gasteiger partial charge is 0.253 e. The lowest BCUT2D eigenvalue weighted by Gasteiger charge is -2.35. The summed E-state index contributed by atoms with van der Waals surface area (Å²) in [6.07, 6.45) is 0.295. The minimum atomic E-state index is -0.386. The molecule has 0 atom stereocenters. The molecule has 0 radical (unpaired) electrons. The molecule has 0 bridgehead atoms. The molecule has 1 aliphatic rings. The zero-order valence-electron chi connectivity index (χ0n) is 18.2. The summed E-state index contributed by atoms with van der Waals surface area (Å²) in [5.74, 6) is -0.703. The Morgan fingerprint density at radius 1 is 0.636 bits per heavy atom. The Morgan fingerprint density at radius 2 is 1.18 bits per heavy atom. The zero-order valence-corrected chi connectivity index (χ0v) is 18.2. The van der Waals surface area contributed by atoms with E-state index in [1.807, 2.05) is 42.5 Å². The van der Waals surface area contributed by atoms with E-state index in [-0.39, 0.29) is 36.3 Å². The molecule has 168 valence electrons. The van der Waals surface area contributed by atoms with Crippen LogP contribution < -0.4 is 0 Å². The molecule has 2 amide bonds. The van der Waals surface area contributed by atoms with Gasteiger partial charge in [-0.25, -0.2) is 4.39 Å². The second-order valence-corrected chi connectivity index (χ2v) is 8.05. The highest BCUT2D eigenvalue weighted by molar-refractivity contribution is 5.98. The first-order chi connectivity index (χ1) is 16.0. The average molecular weight is 445 g/mol. The van der Waals surface area contributed by atoms with Gasteiger partial charge in [-0.15, -0.1) is 0 Å². The molecule has 4 rings (SSSR count). The number of hydrogen-bond donors (Lipinski definition) is 0. The molecule has 33 heavy (non-hydrogen) atoms. The monoisotopic (exact) mass is 444 g/mol. The fourth-order valence-corrected chi connectivity index (χ4v) is 3.94. The summed E-state index contributed by atoms with van der Waals surface area (Å²) in [5, 5.41) is 0. The Bertz CT molecular complexity index is 1120. The van der Waals surface area contributed by atoms with Crippen LogP contribution in [0.1, 0.15) is 33.6 Å². The van der Waals surface area contributed by atoms with Gasteiger partial charge in [0.2, 0.25) is 5.91 Å². The Morgan fingerprint density at radius 3 is 1.82 bits per heavy atom. The zero-order chi connectivity index (χ0) is 23.2.